The van der Waals surface area contributed by atoms with Gasteiger partial charge < -0.3 is 9.15 Å². The number of nitrogens with zero attached hydrogens (tertiary/aromatic N) is 5. The Labute approximate surface area is 201 Å². The zero-order chi connectivity index (χ0) is 24.9. The molecule has 0 atom stereocenters. The van der Waals surface area contributed by atoms with E-state index in [0.717, 1.165) is 36.2 Å². The van der Waals surface area contributed by atoms with Gasteiger partial charge in [0.25, 0.3) is 0 Å². The molecule has 4 aromatic heterocycles. The van der Waals surface area contributed by atoms with Crippen molar-refractivity contribution in [3.63, 3.8) is 0 Å². The molecule has 0 bridgehead atoms. The first-order valence-corrected chi connectivity index (χ1v) is 11.4. The maximum atomic E-state index is 13.4. The Hall–Kier alpha value is -4.08. The summed E-state index contributed by atoms with van der Waals surface area (Å²) in [6.45, 7) is 4.26. The lowest BCUT2D eigenvalue weighted by molar-refractivity contribution is 0.101. The van der Waals surface area contributed by atoms with Gasteiger partial charge >= 0.3 is 6.09 Å². The van der Waals surface area contributed by atoms with Gasteiger partial charge in [0.05, 0.1) is 18.2 Å². The van der Waals surface area contributed by atoms with E-state index in [0.29, 0.717) is 18.4 Å². The third-order valence-electron chi connectivity index (χ3n) is 5.50. The molecule has 9 nitrogen and oxygen atoms in total. The van der Waals surface area contributed by atoms with Gasteiger partial charge in [-0.3, -0.25) is 14.4 Å². The first-order chi connectivity index (χ1) is 16.9. The van der Waals surface area contributed by atoms with Crippen LogP contribution in [-0.4, -0.2) is 44.8 Å². The number of hydrogen-bond acceptors (Lipinski definition) is 7. The van der Waals surface area contributed by atoms with Crippen LogP contribution in [0.2, 0.25) is 0 Å². The summed E-state index contributed by atoms with van der Waals surface area (Å²) in [6.07, 6.45) is 8.22. The zero-order valence-corrected chi connectivity index (χ0v) is 19.8. The number of anilines is 1. The van der Waals surface area contributed by atoms with Crippen LogP contribution in [-0.2, 0) is 11.8 Å². The molecule has 0 aromatic carbocycles. The van der Waals surface area contributed by atoms with Gasteiger partial charge in [-0.15, -0.1) is 0 Å². The fourth-order valence-corrected chi connectivity index (χ4v) is 3.78. The number of unbranched alkanes of at least 4 members (excludes halogenated alkanes) is 2. The summed E-state index contributed by atoms with van der Waals surface area (Å²) in [7, 11) is 1.81. The van der Waals surface area contributed by atoms with Crippen LogP contribution in [0.1, 0.15) is 49.2 Å². The van der Waals surface area contributed by atoms with Crippen LogP contribution < -0.4 is 4.90 Å². The van der Waals surface area contributed by atoms with Gasteiger partial charge in [0, 0.05) is 48.9 Å². The summed E-state index contributed by atoms with van der Waals surface area (Å²) in [5.74, 6) is -1.34. The second-order valence-corrected chi connectivity index (χ2v) is 8.02. The average molecular weight is 480 g/mol. The van der Waals surface area contributed by atoms with Crippen LogP contribution in [0.15, 0.2) is 47.4 Å². The minimum Gasteiger partial charge on any atom is -0.449 e. The summed E-state index contributed by atoms with van der Waals surface area (Å²) in [5.41, 5.74) is 2.14. The van der Waals surface area contributed by atoms with Crippen LogP contribution in [0.5, 0.6) is 0 Å². The lowest BCUT2D eigenvalue weighted by Gasteiger charge is -2.22. The van der Waals surface area contributed by atoms with Crippen molar-refractivity contribution in [2.45, 2.75) is 33.1 Å². The molecular formula is C25H26FN5O4. The lowest BCUT2D eigenvalue weighted by atomic mass is 10.1. The van der Waals surface area contributed by atoms with E-state index in [2.05, 4.69) is 22.0 Å². The lowest BCUT2D eigenvalue weighted by Crippen LogP contribution is -2.33. The number of amides is 1. The predicted molar refractivity (Wildman–Crippen MR) is 128 cm³/mol. The first kappa shape index (κ1) is 24.1. The Balaban J connectivity index is 1.90. The molecule has 35 heavy (non-hydrogen) atoms. The highest BCUT2D eigenvalue weighted by molar-refractivity contribution is 6.17. The van der Waals surface area contributed by atoms with Crippen molar-refractivity contribution in [2.75, 3.05) is 18.1 Å². The quantitative estimate of drug-likeness (QED) is 0.186. The molecule has 0 aliphatic rings. The molecular weight excluding hydrogens is 453 g/mol. The molecule has 4 rings (SSSR count). The number of hydrogen-bond donors (Lipinski definition) is 0. The normalized spacial score (nSPS) is 11.1. The molecule has 182 valence electrons. The minimum absolute atomic E-state index is 0.0891. The van der Waals surface area contributed by atoms with Crippen molar-refractivity contribution in [3.8, 4) is 11.1 Å². The van der Waals surface area contributed by atoms with E-state index < -0.39 is 17.8 Å². The smallest absolute Gasteiger partial charge is 0.414 e. The van der Waals surface area contributed by atoms with E-state index in [1.807, 2.05) is 19.3 Å². The topological polar surface area (TPSA) is 103 Å². The van der Waals surface area contributed by atoms with Crippen LogP contribution in [0, 0.1) is 5.95 Å². The third-order valence-corrected chi connectivity index (χ3v) is 5.50. The highest BCUT2D eigenvalue weighted by atomic mass is 19.1. The molecule has 0 aliphatic heterocycles. The summed E-state index contributed by atoms with van der Waals surface area (Å²) in [5, 5.41) is 4.68. The Morgan fingerprint density at radius 2 is 1.94 bits per heavy atom. The van der Waals surface area contributed by atoms with E-state index in [1.165, 1.54) is 11.0 Å². The van der Waals surface area contributed by atoms with Gasteiger partial charge in [0.2, 0.25) is 23.2 Å². The predicted octanol–water partition coefficient (Wildman–Crippen LogP) is 5.15. The Morgan fingerprint density at radius 3 is 2.60 bits per heavy atom. The van der Waals surface area contributed by atoms with E-state index >= 15 is 0 Å². The maximum Gasteiger partial charge on any atom is 0.414 e. The largest absolute Gasteiger partial charge is 0.449 e. The number of pyridine rings is 2. The Kier molecular flexibility index (Phi) is 7.19. The van der Waals surface area contributed by atoms with E-state index in [4.69, 9.17) is 9.15 Å². The number of aryl methyl sites for hydroxylation is 1. The van der Waals surface area contributed by atoms with Gasteiger partial charge in [-0.1, -0.05) is 19.8 Å². The third kappa shape index (κ3) is 5.06. The van der Waals surface area contributed by atoms with Crippen LogP contribution in [0.4, 0.5) is 14.9 Å². The molecule has 0 aliphatic carbocycles. The number of furan rings is 1. The summed E-state index contributed by atoms with van der Waals surface area (Å²) >= 11 is 0. The number of carbonyl (C=O) groups excluding carboxylic acids is 2. The second kappa shape index (κ2) is 10.5. The summed E-state index contributed by atoms with van der Waals surface area (Å²) < 4.78 is 26.3. The van der Waals surface area contributed by atoms with Gasteiger partial charge in [-0.25, -0.2) is 14.8 Å². The molecule has 4 aromatic rings. The zero-order valence-electron chi connectivity index (χ0n) is 19.8. The number of carbonyl (C=O) groups is 2. The minimum atomic E-state index is -0.707. The molecule has 0 fully saturated rings. The van der Waals surface area contributed by atoms with Crippen LogP contribution >= 0.6 is 0 Å². The molecule has 0 unspecified atom stereocenters. The summed E-state index contributed by atoms with van der Waals surface area (Å²) in [6, 6.07) is 4.23. The highest BCUT2D eigenvalue weighted by Gasteiger charge is 2.31. The number of rotatable bonds is 9. The molecule has 0 N–H and O–H groups in total. The fraction of sp³-hybridized carbons (Fsp3) is 0.320. The first-order valence-electron chi connectivity index (χ1n) is 11.4. The Bertz CT molecular complexity index is 1350. The van der Waals surface area contributed by atoms with E-state index in [-0.39, 0.29) is 29.3 Å². The van der Waals surface area contributed by atoms with Gasteiger partial charge in [-0.2, -0.15) is 9.49 Å². The number of ketones is 1. The number of halogens is 1. The standard InChI is InChI=1S/C25H26FN5O4/c1-4-6-7-10-31(25(33)34-5-2)21-19-11-17(18-14-29-30(3)15-18)13-28-24(19)35-23(21)22(32)16-8-9-20(26)27-12-16/h8-9,11-15H,4-7,10H2,1-3H3. The van der Waals surface area contributed by atoms with Crippen molar-refractivity contribution in [1.82, 2.24) is 19.7 Å². The maximum absolute atomic E-state index is 13.4. The van der Waals surface area contributed by atoms with Crippen molar-refractivity contribution < 1.29 is 23.1 Å². The number of aromatic nitrogens is 4. The molecule has 0 radical (unpaired) electrons. The molecule has 0 spiro atoms. The second-order valence-electron chi connectivity index (χ2n) is 8.02. The van der Waals surface area contributed by atoms with Crippen LogP contribution in [0.3, 0.4) is 0 Å². The van der Waals surface area contributed by atoms with Crippen molar-refractivity contribution in [2.24, 2.45) is 7.05 Å². The van der Waals surface area contributed by atoms with E-state index in [1.54, 1.807) is 24.0 Å². The fourth-order valence-electron chi connectivity index (χ4n) is 3.78. The van der Waals surface area contributed by atoms with Gasteiger partial charge in [0.1, 0.15) is 5.69 Å². The molecule has 0 saturated heterocycles. The SMILES string of the molecule is CCCCCN(C(=O)OCC)c1c(C(=O)c2ccc(F)nc2)oc2ncc(-c3cnn(C)c3)cc12. The van der Waals surface area contributed by atoms with Crippen molar-refractivity contribution >= 4 is 28.7 Å². The van der Waals surface area contributed by atoms with Gasteiger partial charge in [-0.05, 0) is 31.5 Å². The number of fused-ring (bicyclic) bond motifs is 1. The van der Waals surface area contributed by atoms with Crippen molar-refractivity contribution in [1.29, 1.82) is 0 Å². The summed E-state index contributed by atoms with van der Waals surface area (Å²) in [4.78, 5) is 35.9. The Morgan fingerprint density at radius 1 is 1.11 bits per heavy atom. The van der Waals surface area contributed by atoms with E-state index in [9.17, 15) is 14.0 Å². The monoisotopic (exact) mass is 479 g/mol. The molecule has 4 heterocycles. The van der Waals surface area contributed by atoms with Gasteiger partial charge in [0.15, 0.2) is 0 Å². The van der Waals surface area contributed by atoms with Crippen LogP contribution in [0.25, 0.3) is 22.2 Å². The van der Waals surface area contributed by atoms with Crippen molar-refractivity contribution in [3.05, 3.63) is 60.3 Å². The average Bonchev–Trinajstić information content (AvgIpc) is 3.45. The molecule has 10 heteroatoms. The highest BCUT2D eigenvalue weighted by Crippen LogP contribution is 2.37. The molecule has 0 saturated carbocycles. The molecule has 1 amide bonds. The number of ether oxygens (including phenoxy) is 1.